The molecule has 0 radical (unpaired) electrons. The molecule has 0 aliphatic carbocycles. The second-order valence-electron chi connectivity index (χ2n) is 6.19. The molecule has 0 aromatic heterocycles. The second-order valence-corrected chi connectivity index (χ2v) is 6.19. The Morgan fingerprint density at radius 3 is 1.90 bits per heavy atom. The standard InChI is InChI=1S/C21H24O8/c1-23-13-8-7-11(9-15(13)24-2)14-10-12(22)16-17(25-3)19(26-4)21(28-6)20(27-5)18(16)29-14/h7-9,14H,10H2,1-6H3/t14-/m0/s1. The van der Waals surface area contributed by atoms with E-state index >= 15 is 0 Å². The van der Waals surface area contributed by atoms with Gasteiger partial charge in [0.25, 0.3) is 0 Å². The Balaban J connectivity index is 2.15. The summed E-state index contributed by atoms with van der Waals surface area (Å²) in [5.41, 5.74) is 1.02. The Hall–Kier alpha value is -3.29. The van der Waals surface area contributed by atoms with Gasteiger partial charge in [0.1, 0.15) is 11.7 Å². The smallest absolute Gasteiger partial charge is 0.211 e. The zero-order valence-electron chi connectivity index (χ0n) is 17.3. The van der Waals surface area contributed by atoms with Gasteiger partial charge in [0.2, 0.25) is 17.2 Å². The summed E-state index contributed by atoms with van der Waals surface area (Å²) in [5.74, 6) is 2.28. The van der Waals surface area contributed by atoms with Crippen molar-refractivity contribution in [3.63, 3.8) is 0 Å². The van der Waals surface area contributed by atoms with Crippen LogP contribution in [0.2, 0.25) is 0 Å². The van der Waals surface area contributed by atoms with Crippen molar-refractivity contribution in [1.82, 2.24) is 0 Å². The molecule has 8 heteroatoms. The Kier molecular flexibility index (Phi) is 5.91. The van der Waals surface area contributed by atoms with Crippen molar-refractivity contribution in [2.24, 2.45) is 0 Å². The number of methoxy groups -OCH3 is 6. The van der Waals surface area contributed by atoms with Crippen LogP contribution in [0.15, 0.2) is 18.2 Å². The first-order valence-corrected chi connectivity index (χ1v) is 8.86. The third kappa shape index (κ3) is 3.35. The molecule has 2 aromatic carbocycles. The van der Waals surface area contributed by atoms with E-state index in [0.29, 0.717) is 11.5 Å². The summed E-state index contributed by atoms with van der Waals surface area (Å²) in [5, 5.41) is 0. The highest BCUT2D eigenvalue weighted by Crippen LogP contribution is 2.56. The van der Waals surface area contributed by atoms with Crippen molar-refractivity contribution in [3.8, 4) is 40.2 Å². The number of hydrogen-bond donors (Lipinski definition) is 0. The summed E-state index contributed by atoms with van der Waals surface area (Å²) in [4.78, 5) is 13.1. The van der Waals surface area contributed by atoms with E-state index in [-0.39, 0.29) is 46.5 Å². The van der Waals surface area contributed by atoms with Crippen molar-refractivity contribution < 1.29 is 38.0 Å². The topological polar surface area (TPSA) is 81.7 Å². The van der Waals surface area contributed by atoms with Crippen molar-refractivity contribution in [1.29, 1.82) is 0 Å². The van der Waals surface area contributed by atoms with E-state index < -0.39 is 6.10 Å². The highest BCUT2D eigenvalue weighted by molar-refractivity contribution is 6.05. The molecule has 1 atom stereocenters. The van der Waals surface area contributed by atoms with E-state index in [4.69, 9.17) is 33.2 Å². The van der Waals surface area contributed by atoms with Crippen LogP contribution in [0, 0.1) is 0 Å². The van der Waals surface area contributed by atoms with Crippen molar-refractivity contribution in [2.75, 3.05) is 42.7 Å². The number of ether oxygens (including phenoxy) is 7. The quantitative estimate of drug-likeness (QED) is 0.694. The second kappa shape index (κ2) is 8.38. The van der Waals surface area contributed by atoms with E-state index in [9.17, 15) is 4.79 Å². The molecule has 0 saturated carbocycles. The molecule has 0 unspecified atom stereocenters. The number of carbonyl (C=O) groups is 1. The van der Waals surface area contributed by atoms with Gasteiger partial charge in [0.05, 0.1) is 49.1 Å². The molecule has 0 N–H and O–H groups in total. The Labute approximate surface area is 169 Å². The van der Waals surface area contributed by atoms with Crippen LogP contribution in [0.1, 0.15) is 28.4 Å². The number of ketones is 1. The van der Waals surface area contributed by atoms with Gasteiger partial charge in [-0.2, -0.15) is 0 Å². The monoisotopic (exact) mass is 404 g/mol. The largest absolute Gasteiger partial charge is 0.493 e. The average Bonchev–Trinajstić information content (AvgIpc) is 2.76. The summed E-state index contributed by atoms with van der Waals surface area (Å²) in [6.45, 7) is 0. The SMILES string of the molecule is COc1ccc([C@@H]2CC(=O)c3c(OC)c(OC)c(OC)c(OC)c3O2)cc1OC. The molecule has 0 bridgehead atoms. The number of benzene rings is 2. The molecule has 1 aliphatic rings. The molecular formula is C21H24O8. The minimum atomic E-state index is -0.550. The van der Waals surface area contributed by atoms with Gasteiger partial charge in [-0.3, -0.25) is 4.79 Å². The van der Waals surface area contributed by atoms with Crippen LogP contribution < -0.4 is 33.2 Å². The molecular weight excluding hydrogens is 380 g/mol. The maximum Gasteiger partial charge on any atom is 0.211 e. The van der Waals surface area contributed by atoms with Gasteiger partial charge in [-0.05, 0) is 17.7 Å². The van der Waals surface area contributed by atoms with Gasteiger partial charge in [-0.25, -0.2) is 0 Å². The first-order chi connectivity index (χ1) is 14.0. The van der Waals surface area contributed by atoms with Crippen LogP contribution in [-0.2, 0) is 0 Å². The minimum Gasteiger partial charge on any atom is -0.493 e. The van der Waals surface area contributed by atoms with Crippen molar-refractivity contribution >= 4 is 5.78 Å². The van der Waals surface area contributed by atoms with Crippen molar-refractivity contribution in [2.45, 2.75) is 12.5 Å². The first-order valence-electron chi connectivity index (χ1n) is 8.86. The molecule has 0 spiro atoms. The summed E-state index contributed by atoms with van der Waals surface area (Å²) < 4.78 is 38.7. The van der Waals surface area contributed by atoms with Gasteiger partial charge in [-0.15, -0.1) is 0 Å². The lowest BCUT2D eigenvalue weighted by molar-refractivity contribution is 0.0833. The van der Waals surface area contributed by atoms with E-state index in [0.717, 1.165) is 5.56 Å². The number of Topliss-reactive ketones (excluding diaryl/α,β-unsaturated/α-hetero) is 1. The first kappa shape index (κ1) is 20.4. The third-order valence-corrected chi connectivity index (χ3v) is 4.78. The molecule has 1 aliphatic heterocycles. The summed E-state index contributed by atoms with van der Waals surface area (Å²) in [6, 6.07) is 5.38. The zero-order valence-corrected chi connectivity index (χ0v) is 17.3. The lowest BCUT2D eigenvalue weighted by Gasteiger charge is -2.30. The van der Waals surface area contributed by atoms with E-state index in [2.05, 4.69) is 0 Å². The highest BCUT2D eigenvalue weighted by atomic mass is 16.6. The summed E-state index contributed by atoms with van der Waals surface area (Å²) in [7, 11) is 8.98. The van der Waals surface area contributed by atoms with Crippen LogP contribution in [0.25, 0.3) is 0 Å². The highest BCUT2D eigenvalue weighted by Gasteiger charge is 2.38. The van der Waals surface area contributed by atoms with Crippen LogP contribution in [0.3, 0.4) is 0 Å². The molecule has 3 rings (SSSR count). The fraction of sp³-hybridized carbons (Fsp3) is 0.381. The lowest BCUT2D eigenvalue weighted by Crippen LogP contribution is -2.22. The molecule has 0 fully saturated rings. The Bertz CT molecular complexity index is 922. The van der Waals surface area contributed by atoms with Gasteiger partial charge in [0, 0.05) is 0 Å². The fourth-order valence-corrected chi connectivity index (χ4v) is 3.45. The average molecular weight is 404 g/mol. The normalized spacial score (nSPS) is 15.1. The third-order valence-electron chi connectivity index (χ3n) is 4.78. The number of hydrogen-bond acceptors (Lipinski definition) is 8. The zero-order chi connectivity index (χ0) is 21.1. The van der Waals surface area contributed by atoms with Crippen LogP contribution >= 0.6 is 0 Å². The minimum absolute atomic E-state index is 0.109. The van der Waals surface area contributed by atoms with E-state index in [1.54, 1.807) is 26.4 Å². The molecule has 29 heavy (non-hydrogen) atoms. The van der Waals surface area contributed by atoms with Crippen LogP contribution in [0.5, 0.6) is 40.2 Å². The molecule has 1 heterocycles. The molecule has 8 nitrogen and oxygen atoms in total. The fourth-order valence-electron chi connectivity index (χ4n) is 3.45. The molecule has 156 valence electrons. The molecule has 0 saturated heterocycles. The van der Waals surface area contributed by atoms with Crippen molar-refractivity contribution in [3.05, 3.63) is 29.3 Å². The maximum atomic E-state index is 13.1. The summed E-state index contributed by atoms with van der Waals surface area (Å²) in [6.07, 6.45) is -0.441. The number of fused-ring (bicyclic) bond motifs is 1. The van der Waals surface area contributed by atoms with Gasteiger partial charge >= 0.3 is 0 Å². The van der Waals surface area contributed by atoms with Crippen LogP contribution in [-0.4, -0.2) is 48.4 Å². The van der Waals surface area contributed by atoms with Gasteiger partial charge in [0.15, 0.2) is 28.8 Å². The number of rotatable bonds is 7. The lowest BCUT2D eigenvalue weighted by atomic mass is 9.94. The van der Waals surface area contributed by atoms with Gasteiger partial charge in [-0.1, -0.05) is 6.07 Å². The molecule has 2 aromatic rings. The van der Waals surface area contributed by atoms with Crippen LogP contribution in [0.4, 0.5) is 0 Å². The molecule has 0 amide bonds. The maximum absolute atomic E-state index is 13.1. The number of carbonyl (C=O) groups excluding carboxylic acids is 1. The predicted molar refractivity (Wildman–Crippen MR) is 105 cm³/mol. The van der Waals surface area contributed by atoms with E-state index in [1.165, 1.54) is 28.4 Å². The Morgan fingerprint density at radius 2 is 1.34 bits per heavy atom. The van der Waals surface area contributed by atoms with Gasteiger partial charge < -0.3 is 33.2 Å². The summed E-state index contributed by atoms with van der Waals surface area (Å²) >= 11 is 0. The van der Waals surface area contributed by atoms with E-state index in [1.807, 2.05) is 6.07 Å². The Morgan fingerprint density at radius 1 is 0.759 bits per heavy atom. The predicted octanol–water partition coefficient (Wildman–Crippen LogP) is 3.44.